The first kappa shape index (κ1) is 22.9. The molecule has 0 saturated carbocycles. The number of hydrogen-bond donors (Lipinski definition) is 0. The Morgan fingerprint density at radius 1 is 0.833 bits per heavy atom. The van der Waals surface area contributed by atoms with E-state index in [4.69, 9.17) is 13.9 Å². The maximum atomic E-state index is 13.1. The summed E-state index contributed by atoms with van der Waals surface area (Å²) in [5.41, 5.74) is 3.82. The zero-order valence-electron chi connectivity index (χ0n) is 19.4. The van der Waals surface area contributed by atoms with Crippen molar-refractivity contribution in [2.75, 3.05) is 6.61 Å². The molecule has 0 atom stereocenters. The Kier molecular flexibility index (Phi) is 6.48. The number of esters is 2. The van der Waals surface area contributed by atoms with Gasteiger partial charge in [0.15, 0.2) is 0 Å². The second-order valence-electron chi connectivity index (χ2n) is 7.81. The highest BCUT2D eigenvalue weighted by Gasteiger charge is 2.24. The molecule has 0 N–H and O–H groups in total. The highest BCUT2D eigenvalue weighted by molar-refractivity contribution is 6.08. The molecule has 0 aliphatic heterocycles. The molecular formula is C28H21N3O5. The predicted octanol–water partition coefficient (Wildman–Crippen LogP) is 5.49. The van der Waals surface area contributed by atoms with Gasteiger partial charge in [-0.25, -0.2) is 14.6 Å². The van der Waals surface area contributed by atoms with Gasteiger partial charge in [0.25, 0.3) is 0 Å². The number of fused-ring (bicyclic) bond motifs is 1. The Morgan fingerprint density at radius 2 is 1.58 bits per heavy atom. The van der Waals surface area contributed by atoms with Crippen molar-refractivity contribution in [2.45, 2.75) is 13.5 Å². The van der Waals surface area contributed by atoms with Crippen LogP contribution in [0.2, 0.25) is 0 Å². The van der Waals surface area contributed by atoms with E-state index in [9.17, 15) is 9.59 Å². The van der Waals surface area contributed by atoms with Gasteiger partial charge in [0, 0.05) is 16.5 Å². The summed E-state index contributed by atoms with van der Waals surface area (Å²) in [4.78, 5) is 30.6. The topological polar surface area (TPSA) is 104 Å². The van der Waals surface area contributed by atoms with Gasteiger partial charge in [-0.05, 0) is 42.8 Å². The van der Waals surface area contributed by atoms with Crippen molar-refractivity contribution in [1.29, 1.82) is 0 Å². The second-order valence-corrected chi connectivity index (χ2v) is 7.81. The Balaban J connectivity index is 1.51. The number of benzene rings is 3. The van der Waals surface area contributed by atoms with Crippen LogP contribution in [0.15, 0.2) is 89.7 Å². The van der Waals surface area contributed by atoms with E-state index in [1.807, 2.05) is 54.6 Å². The zero-order valence-corrected chi connectivity index (χ0v) is 19.4. The Labute approximate surface area is 206 Å². The lowest BCUT2D eigenvalue weighted by atomic mass is 9.94. The van der Waals surface area contributed by atoms with Crippen molar-refractivity contribution in [1.82, 2.24) is 15.2 Å². The Hall–Kier alpha value is -4.85. The average molecular weight is 479 g/mol. The van der Waals surface area contributed by atoms with Gasteiger partial charge in [-0.2, -0.15) is 0 Å². The summed E-state index contributed by atoms with van der Waals surface area (Å²) in [5.74, 6) is -0.731. The van der Waals surface area contributed by atoms with Crippen LogP contribution in [0.4, 0.5) is 0 Å². The predicted molar refractivity (Wildman–Crippen MR) is 132 cm³/mol. The van der Waals surface area contributed by atoms with E-state index < -0.39 is 11.9 Å². The van der Waals surface area contributed by atoms with E-state index in [1.165, 1.54) is 6.39 Å². The minimum Gasteiger partial charge on any atom is -0.462 e. The fourth-order valence-corrected chi connectivity index (χ4v) is 3.96. The molecule has 5 aromatic rings. The fourth-order valence-electron chi connectivity index (χ4n) is 3.96. The van der Waals surface area contributed by atoms with E-state index in [0.717, 1.165) is 10.9 Å². The number of rotatable bonds is 7. The molecule has 0 unspecified atom stereocenters. The van der Waals surface area contributed by atoms with Gasteiger partial charge in [0.1, 0.15) is 6.61 Å². The molecular weight excluding hydrogens is 458 g/mol. The zero-order chi connectivity index (χ0) is 24.9. The smallest absolute Gasteiger partial charge is 0.340 e. The van der Waals surface area contributed by atoms with E-state index in [1.54, 1.807) is 31.2 Å². The Morgan fingerprint density at radius 3 is 2.31 bits per heavy atom. The van der Waals surface area contributed by atoms with Crippen LogP contribution in [0.1, 0.15) is 33.3 Å². The maximum absolute atomic E-state index is 13.1. The first-order chi connectivity index (χ1) is 17.7. The van der Waals surface area contributed by atoms with Crippen LogP contribution >= 0.6 is 0 Å². The Bertz CT molecular complexity index is 1510. The number of aromatic nitrogens is 3. The minimum atomic E-state index is -0.557. The monoisotopic (exact) mass is 479 g/mol. The number of nitrogens with zero attached hydrogens (tertiary/aromatic N) is 3. The van der Waals surface area contributed by atoms with Crippen LogP contribution in [-0.2, 0) is 16.1 Å². The molecule has 5 rings (SSSR count). The molecule has 0 aliphatic rings. The number of carbonyl (C=O) groups is 2. The van der Waals surface area contributed by atoms with Gasteiger partial charge in [-0.1, -0.05) is 48.5 Å². The number of hydrogen-bond acceptors (Lipinski definition) is 8. The fraction of sp³-hybridized carbons (Fsp3) is 0.107. The third-order valence-corrected chi connectivity index (χ3v) is 5.58. The summed E-state index contributed by atoms with van der Waals surface area (Å²) in [6.45, 7) is 1.74. The molecule has 0 amide bonds. The molecule has 0 bridgehead atoms. The standard InChI is InChI=1S/C28H21N3O5/c1-2-34-28(33)25-23(16-35-27(32)20-14-12-19(13-15-20)26-31-29-17-36-26)30-22-11-7-6-10-21(22)24(25)18-8-4-3-5-9-18/h3-15,17H,2,16H2,1H3. The van der Waals surface area contributed by atoms with Crippen LogP contribution < -0.4 is 0 Å². The summed E-state index contributed by atoms with van der Waals surface area (Å²) in [7, 11) is 0. The first-order valence-corrected chi connectivity index (χ1v) is 11.3. The summed E-state index contributed by atoms with van der Waals surface area (Å²) in [6.07, 6.45) is 1.24. The van der Waals surface area contributed by atoms with Crippen molar-refractivity contribution in [3.8, 4) is 22.6 Å². The largest absolute Gasteiger partial charge is 0.462 e. The third-order valence-electron chi connectivity index (χ3n) is 5.58. The molecule has 8 nitrogen and oxygen atoms in total. The first-order valence-electron chi connectivity index (χ1n) is 11.3. The molecule has 0 saturated heterocycles. The molecule has 3 aromatic carbocycles. The second kappa shape index (κ2) is 10.2. The molecule has 0 fully saturated rings. The number of pyridine rings is 1. The van der Waals surface area contributed by atoms with Gasteiger partial charge < -0.3 is 13.9 Å². The van der Waals surface area contributed by atoms with Crippen molar-refractivity contribution in [3.63, 3.8) is 0 Å². The normalized spacial score (nSPS) is 10.8. The molecule has 36 heavy (non-hydrogen) atoms. The van der Waals surface area contributed by atoms with Crippen LogP contribution in [0.5, 0.6) is 0 Å². The average Bonchev–Trinajstić information content (AvgIpc) is 3.47. The summed E-state index contributed by atoms with van der Waals surface area (Å²) in [6, 6.07) is 23.7. The SMILES string of the molecule is CCOC(=O)c1c(COC(=O)c2ccc(-c3nnco3)cc2)nc2ccccc2c1-c1ccccc1. The summed E-state index contributed by atoms with van der Waals surface area (Å²) in [5, 5.41) is 8.31. The van der Waals surface area contributed by atoms with Gasteiger partial charge in [0.2, 0.25) is 12.3 Å². The van der Waals surface area contributed by atoms with Crippen LogP contribution in [0, 0.1) is 0 Å². The summed E-state index contributed by atoms with van der Waals surface area (Å²) < 4.78 is 16.1. The third kappa shape index (κ3) is 4.56. The number of carbonyl (C=O) groups excluding carboxylic acids is 2. The van der Waals surface area contributed by atoms with Crippen molar-refractivity contribution in [3.05, 3.63) is 102 Å². The molecule has 2 heterocycles. The number of ether oxygens (including phenoxy) is 2. The van der Waals surface area contributed by atoms with Crippen molar-refractivity contribution < 1.29 is 23.5 Å². The van der Waals surface area contributed by atoms with E-state index in [-0.39, 0.29) is 18.8 Å². The van der Waals surface area contributed by atoms with Gasteiger partial charge in [-0.3, -0.25) is 0 Å². The highest BCUT2D eigenvalue weighted by Crippen LogP contribution is 2.34. The lowest BCUT2D eigenvalue weighted by molar-refractivity contribution is 0.0445. The van der Waals surface area contributed by atoms with Crippen LogP contribution in [0.3, 0.4) is 0 Å². The summed E-state index contributed by atoms with van der Waals surface area (Å²) >= 11 is 0. The van der Waals surface area contributed by atoms with Crippen LogP contribution in [-0.4, -0.2) is 33.7 Å². The minimum absolute atomic E-state index is 0.200. The lowest BCUT2D eigenvalue weighted by Gasteiger charge is -2.17. The highest BCUT2D eigenvalue weighted by atomic mass is 16.5. The van der Waals surface area contributed by atoms with Gasteiger partial charge in [0.05, 0.1) is 28.9 Å². The quantitative estimate of drug-likeness (QED) is 0.282. The maximum Gasteiger partial charge on any atom is 0.340 e. The van der Waals surface area contributed by atoms with E-state index in [0.29, 0.717) is 33.8 Å². The van der Waals surface area contributed by atoms with E-state index >= 15 is 0 Å². The molecule has 2 aromatic heterocycles. The van der Waals surface area contributed by atoms with Crippen molar-refractivity contribution >= 4 is 22.8 Å². The number of para-hydroxylation sites is 1. The van der Waals surface area contributed by atoms with E-state index in [2.05, 4.69) is 15.2 Å². The lowest BCUT2D eigenvalue weighted by Crippen LogP contribution is -2.15. The molecule has 0 radical (unpaired) electrons. The molecule has 8 heteroatoms. The van der Waals surface area contributed by atoms with Crippen LogP contribution in [0.25, 0.3) is 33.5 Å². The van der Waals surface area contributed by atoms with Gasteiger partial charge in [-0.15, -0.1) is 10.2 Å². The van der Waals surface area contributed by atoms with Gasteiger partial charge >= 0.3 is 11.9 Å². The molecule has 0 aliphatic carbocycles. The molecule has 0 spiro atoms. The van der Waals surface area contributed by atoms with Crippen molar-refractivity contribution in [2.24, 2.45) is 0 Å². The molecule has 178 valence electrons.